The molecule has 0 saturated heterocycles. The highest BCUT2D eigenvalue weighted by atomic mass is 32.1. The van der Waals surface area contributed by atoms with E-state index in [4.69, 9.17) is 4.74 Å². The molecule has 3 heterocycles. The van der Waals surface area contributed by atoms with Gasteiger partial charge in [0.05, 0.1) is 28.7 Å². The molecule has 1 unspecified atom stereocenters. The van der Waals surface area contributed by atoms with Crippen molar-refractivity contribution in [2.24, 2.45) is 5.92 Å². The van der Waals surface area contributed by atoms with Gasteiger partial charge in [-0.05, 0) is 53.3 Å². The van der Waals surface area contributed by atoms with Crippen LogP contribution in [0.4, 0.5) is 5.69 Å². The number of aliphatic hydroxyl groups excluding tert-OH is 1. The Morgan fingerprint density at radius 3 is 2.52 bits per heavy atom. The average molecular weight is 463 g/mol. The summed E-state index contributed by atoms with van der Waals surface area (Å²) in [4.78, 5) is 44.5. The highest BCUT2D eigenvalue weighted by Crippen LogP contribution is 2.42. The highest BCUT2D eigenvalue weighted by molar-refractivity contribution is 7.12. The van der Waals surface area contributed by atoms with Gasteiger partial charge >= 0.3 is 5.97 Å². The van der Waals surface area contributed by atoms with E-state index in [2.05, 4.69) is 4.98 Å². The molecule has 168 valence electrons. The largest absolute Gasteiger partial charge is 0.503 e. The van der Waals surface area contributed by atoms with Crippen LogP contribution in [0, 0.1) is 5.92 Å². The van der Waals surface area contributed by atoms with E-state index < -0.39 is 29.5 Å². The quantitative estimate of drug-likeness (QED) is 0.402. The van der Waals surface area contributed by atoms with E-state index in [9.17, 15) is 19.5 Å². The maximum atomic E-state index is 13.2. The van der Waals surface area contributed by atoms with Gasteiger partial charge in [0.15, 0.2) is 5.76 Å². The van der Waals surface area contributed by atoms with Gasteiger partial charge in [-0.2, -0.15) is 0 Å². The molecule has 7 nitrogen and oxygen atoms in total. The fourth-order valence-corrected chi connectivity index (χ4v) is 4.26. The van der Waals surface area contributed by atoms with E-state index in [-0.39, 0.29) is 11.5 Å². The fourth-order valence-electron chi connectivity index (χ4n) is 3.58. The Labute approximate surface area is 195 Å². The lowest BCUT2D eigenvalue weighted by Gasteiger charge is -2.26. The zero-order valence-corrected chi connectivity index (χ0v) is 18.9. The minimum atomic E-state index is -0.862. The number of ether oxygens (including phenoxy) is 1. The third-order valence-corrected chi connectivity index (χ3v) is 6.00. The summed E-state index contributed by atoms with van der Waals surface area (Å²) < 4.78 is 5.25. The van der Waals surface area contributed by atoms with Gasteiger partial charge in [0.2, 0.25) is 5.78 Å². The number of thiophene rings is 1. The number of hydrogen-bond donors (Lipinski definition) is 1. The Balaban J connectivity index is 1.71. The lowest BCUT2D eigenvalue weighted by Crippen LogP contribution is -2.31. The number of anilines is 1. The van der Waals surface area contributed by atoms with Crippen LogP contribution < -0.4 is 4.90 Å². The number of esters is 1. The molecule has 1 N–H and O–H groups in total. The van der Waals surface area contributed by atoms with Gasteiger partial charge in [-0.25, -0.2) is 4.79 Å². The number of rotatable bonds is 7. The van der Waals surface area contributed by atoms with E-state index in [1.807, 2.05) is 13.8 Å². The standard InChI is InChI=1S/C25H22N2O5S/c1-15(2)14-32-25(31)16-7-9-18(10-8-16)27-21(17-5-3-11-26-13-17)20(23(29)24(27)30)22(28)19-6-4-12-33-19/h3-13,15,21,29H,14H2,1-2H3. The van der Waals surface area contributed by atoms with Crippen LogP contribution in [0.25, 0.3) is 0 Å². The molecule has 0 radical (unpaired) electrons. The SMILES string of the molecule is CC(C)COC(=O)c1ccc(N2C(=O)C(O)=C(C(=O)c3cccs3)C2c2cccnc2)cc1. The molecule has 33 heavy (non-hydrogen) atoms. The Kier molecular flexibility index (Phi) is 6.37. The first-order chi connectivity index (χ1) is 15.9. The Morgan fingerprint density at radius 1 is 1.15 bits per heavy atom. The van der Waals surface area contributed by atoms with Crippen molar-refractivity contribution in [3.8, 4) is 0 Å². The van der Waals surface area contributed by atoms with Crippen molar-refractivity contribution in [3.63, 3.8) is 0 Å². The second-order valence-corrected chi connectivity index (χ2v) is 8.92. The Bertz CT molecular complexity index is 1200. The monoisotopic (exact) mass is 462 g/mol. The first kappa shape index (κ1) is 22.4. The van der Waals surface area contributed by atoms with Crippen LogP contribution in [-0.4, -0.2) is 34.4 Å². The van der Waals surface area contributed by atoms with Gasteiger partial charge in [-0.15, -0.1) is 11.3 Å². The number of aliphatic hydroxyl groups is 1. The number of ketones is 1. The molecule has 4 rings (SSSR count). The van der Waals surface area contributed by atoms with Crippen molar-refractivity contribution in [2.75, 3.05) is 11.5 Å². The van der Waals surface area contributed by atoms with E-state index >= 15 is 0 Å². The summed E-state index contributed by atoms with van der Waals surface area (Å²) in [5.41, 5.74) is 1.34. The summed E-state index contributed by atoms with van der Waals surface area (Å²) in [5, 5.41) is 12.5. The molecule has 1 amide bonds. The predicted molar refractivity (Wildman–Crippen MR) is 124 cm³/mol. The summed E-state index contributed by atoms with van der Waals surface area (Å²) in [6, 6.07) is 12.3. The van der Waals surface area contributed by atoms with Gasteiger partial charge in [-0.3, -0.25) is 19.5 Å². The average Bonchev–Trinajstić information content (AvgIpc) is 3.45. The van der Waals surface area contributed by atoms with Crippen molar-refractivity contribution in [1.29, 1.82) is 0 Å². The minimum Gasteiger partial charge on any atom is -0.503 e. The van der Waals surface area contributed by atoms with Crippen LogP contribution in [0.1, 0.15) is 45.5 Å². The molecular weight excluding hydrogens is 440 g/mol. The molecule has 8 heteroatoms. The predicted octanol–water partition coefficient (Wildman–Crippen LogP) is 4.74. The van der Waals surface area contributed by atoms with Gasteiger partial charge in [0.1, 0.15) is 0 Å². The molecule has 0 fully saturated rings. The first-order valence-electron chi connectivity index (χ1n) is 10.4. The van der Waals surface area contributed by atoms with Crippen LogP contribution in [0.2, 0.25) is 0 Å². The molecule has 0 spiro atoms. The summed E-state index contributed by atoms with van der Waals surface area (Å²) in [6.07, 6.45) is 3.15. The number of carbonyl (C=O) groups is 3. The lowest BCUT2D eigenvalue weighted by molar-refractivity contribution is -0.117. The van der Waals surface area contributed by atoms with Crippen LogP contribution in [0.15, 0.2) is 77.6 Å². The Hall–Kier alpha value is -3.78. The Morgan fingerprint density at radius 2 is 1.91 bits per heavy atom. The number of pyridine rings is 1. The fraction of sp³-hybridized carbons (Fsp3) is 0.200. The van der Waals surface area contributed by atoms with Crippen molar-refractivity contribution < 1.29 is 24.2 Å². The van der Waals surface area contributed by atoms with Gasteiger partial charge < -0.3 is 9.84 Å². The van der Waals surface area contributed by atoms with Crippen LogP contribution in [-0.2, 0) is 9.53 Å². The molecule has 0 bridgehead atoms. The molecule has 1 aliphatic rings. The number of Topliss-reactive ketones (excluding diaryl/α,β-unsaturated/α-hetero) is 1. The molecular formula is C25H22N2O5S. The van der Waals surface area contributed by atoms with Crippen molar-refractivity contribution >= 4 is 34.7 Å². The van der Waals surface area contributed by atoms with E-state index in [1.165, 1.54) is 16.2 Å². The van der Waals surface area contributed by atoms with Crippen molar-refractivity contribution in [1.82, 2.24) is 4.98 Å². The minimum absolute atomic E-state index is 0.00382. The smallest absolute Gasteiger partial charge is 0.338 e. The van der Waals surface area contributed by atoms with E-state index in [0.29, 0.717) is 28.3 Å². The topological polar surface area (TPSA) is 96.8 Å². The maximum absolute atomic E-state index is 13.2. The summed E-state index contributed by atoms with van der Waals surface area (Å²) in [6.45, 7) is 4.20. The highest BCUT2D eigenvalue weighted by Gasteiger charge is 2.45. The van der Waals surface area contributed by atoms with Crippen LogP contribution >= 0.6 is 11.3 Å². The van der Waals surface area contributed by atoms with Gasteiger partial charge in [0, 0.05) is 18.1 Å². The summed E-state index contributed by atoms with van der Waals surface area (Å²) >= 11 is 1.24. The number of carbonyl (C=O) groups excluding carboxylic acids is 3. The van der Waals surface area contributed by atoms with Crippen molar-refractivity contribution in [3.05, 3.63) is 93.6 Å². The second-order valence-electron chi connectivity index (χ2n) is 7.97. The number of benzene rings is 1. The van der Waals surface area contributed by atoms with Crippen LogP contribution in [0.5, 0.6) is 0 Å². The number of aromatic nitrogens is 1. The summed E-state index contributed by atoms with van der Waals surface area (Å²) in [5.74, 6) is -1.95. The molecule has 3 aromatic rings. The second kappa shape index (κ2) is 9.38. The molecule has 1 aromatic carbocycles. The number of hydrogen-bond acceptors (Lipinski definition) is 7. The normalized spacial score (nSPS) is 15.9. The maximum Gasteiger partial charge on any atom is 0.338 e. The molecule has 2 aromatic heterocycles. The van der Waals surface area contributed by atoms with Crippen molar-refractivity contribution in [2.45, 2.75) is 19.9 Å². The summed E-state index contributed by atoms with van der Waals surface area (Å²) in [7, 11) is 0. The van der Waals surface area contributed by atoms with E-state index in [0.717, 1.165) is 0 Å². The molecule has 1 atom stereocenters. The van der Waals surface area contributed by atoms with Crippen LogP contribution in [0.3, 0.4) is 0 Å². The molecule has 0 saturated carbocycles. The zero-order valence-electron chi connectivity index (χ0n) is 18.1. The number of amides is 1. The van der Waals surface area contributed by atoms with E-state index in [1.54, 1.807) is 66.3 Å². The van der Waals surface area contributed by atoms with Gasteiger partial charge in [-0.1, -0.05) is 26.0 Å². The van der Waals surface area contributed by atoms with Gasteiger partial charge in [0.25, 0.3) is 5.91 Å². The molecule has 0 aliphatic carbocycles. The first-order valence-corrected chi connectivity index (χ1v) is 11.3. The third kappa shape index (κ3) is 4.42. The lowest BCUT2D eigenvalue weighted by atomic mass is 9.96. The number of nitrogens with zero attached hydrogens (tertiary/aromatic N) is 2. The third-order valence-electron chi connectivity index (χ3n) is 5.13. The zero-order chi connectivity index (χ0) is 23.5. The molecule has 1 aliphatic heterocycles.